The Kier molecular flexibility index (Phi) is 7.87. The maximum absolute atomic E-state index is 12.8. The minimum absolute atomic E-state index is 0.0326. The molecule has 0 unspecified atom stereocenters. The van der Waals surface area contributed by atoms with Gasteiger partial charge >= 0.3 is 0 Å². The van der Waals surface area contributed by atoms with Crippen LogP contribution in [0.3, 0.4) is 0 Å². The van der Waals surface area contributed by atoms with E-state index in [1.54, 1.807) is 36.4 Å². The SMILES string of the molecule is CCn1c(SCC(=O)c2ccccc2)nnc1[C@H](NC(=O)c1ccccc1Cl)C(C)C. The number of halogens is 1. The quantitative estimate of drug-likeness (QED) is 0.360. The van der Waals surface area contributed by atoms with Crippen molar-refractivity contribution < 1.29 is 9.59 Å². The van der Waals surface area contributed by atoms with E-state index in [0.29, 0.717) is 33.7 Å². The molecule has 1 aromatic heterocycles. The summed E-state index contributed by atoms with van der Waals surface area (Å²) in [5.74, 6) is 0.770. The van der Waals surface area contributed by atoms with Gasteiger partial charge in [-0.1, -0.05) is 79.7 Å². The Labute approximate surface area is 191 Å². The fraction of sp³-hybridized carbons (Fsp3) is 0.304. The molecule has 0 spiro atoms. The number of ketones is 1. The lowest BCUT2D eigenvalue weighted by atomic mass is 10.0. The van der Waals surface area contributed by atoms with Crippen LogP contribution >= 0.6 is 23.4 Å². The van der Waals surface area contributed by atoms with Gasteiger partial charge in [0.1, 0.15) is 0 Å². The van der Waals surface area contributed by atoms with E-state index < -0.39 is 0 Å². The maximum Gasteiger partial charge on any atom is 0.253 e. The van der Waals surface area contributed by atoms with Crippen LogP contribution in [0.2, 0.25) is 5.02 Å². The van der Waals surface area contributed by atoms with Crippen molar-refractivity contribution in [2.75, 3.05) is 5.75 Å². The molecule has 0 radical (unpaired) electrons. The van der Waals surface area contributed by atoms with E-state index in [1.165, 1.54) is 11.8 Å². The fourth-order valence-electron chi connectivity index (χ4n) is 3.17. The number of amides is 1. The van der Waals surface area contributed by atoms with Gasteiger partial charge in [0.15, 0.2) is 16.8 Å². The molecule has 0 saturated heterocycles. The number of thioether (sulfide) groups is 1. The molecule has 1 amide bonds. The van der Waals surface area contributed by atoms with Crippen LogP contribution in [0.15, 0.2) is 59.8 Å². The molecule has 1 N–H and O–H groups in total. The first kappa shape index (κ1) is 23.0. The van der Waals surface area contributed by atoms with E-state index >= 15 is 0 Å². The number of hydrogen-bond donors (Lipinski definition) is 1. The van der Waals surface area contributed by atoms with Crippen LogP contribution in [0.4, 0.5) is 0 Å². The molecule has 0 aliphatic carbocycles. The number of rotatable bonds is 9. The zero-order valence-corrected chi connectivity index (χ0v) is 19.3. The van der Waals surface area contributed by atoms with Crippen molar-refractivity contribution in [3.8, 4) is 0 Å². The van der Waals surface area contributed by atoms with Gasteiger partial charge in [-0.05, 0) is 25.0 Å². The van der Waals surface area contributed by atoms with Crippen molar-refractivity contribution in [2.24, 2.45) is 5.92 Å². The number of hydrogen-bond acceptors (Lipinski definition) is 5. The third-order valence-corrected chi connectivity index (χ3v) is 6.14. The highest BCUT2D eigenvalue weighted by Gasteiger charge is 2.26. The van der Waals surface area contributed by atoms with Crippen LogP contribution in [0.25, 0.3) is 0 Å². The first-order chi connectivity index (χ1) is 14.9. The highest BCUT2D eigenvalue weighted by atomic mass is 35.5. The molecule has 1 heterocycles. The molecule has 6 nitrogen and oxygen atoms in total. The number of nitrogens with zero attached hydrogens (tertiary/aromatic N) is 3. The van der Waals surface area contributed by atoms with Gasteiger partial charge in [0.2, 0.25) is 0 Å². The summed E-state index contributed by atoms with van der Waals surface area (Å²) in [6.45, 7) is 6.63. The van der Waals surface area contributed by atoms with Crippen LogP contribution in [0, 0.1) is 5.92 Å². The molecule has 2 aromatic carbocycles. The predicted molar refractivity (Wildman–Crippen MR) is 124 cm³/mol. The van der Waals surface area contributed by atoms with Crippen LogP contribution < -0.4 is 5.32 Å². The lowest BCUT2D eigenvalue weighted by molar-refractivity contribution is 0.0921. The van der Waals surface area contributed by atoms with E-state index in [1.807, 2.05) is 43.5 Å². The van der Waals surface area contributed by atoms with Gasteiger partial charge in [-0.3, -0.25) is 9.59 Å². The average molecular weight is 457 g/mol. The fourth-order valence-corrected chi connectivity index (χ4v) is 4.29. The van der Waals surface area contributed by atoms with E-state index in [9.17, 15) is 9.59 Å². The molecule has 0 saturated carbocycles. The lowest BCUT2D eigenvalue weighted by Crippen LogP contribution is -2.34. The van der Waals surface area contributed by atoms with Crippen LogP contribution in [0.5, 0.6) is 0 Å². The maximum atomic E-state index is 12.8. The van der Waals surface area contributed by atoms with Gasteiger partial charge in [0.25, 0.3) is 5.91 Å². The Morgan fingerprint density at radius 1 is 1.06 bits per heavy atom. The van der Waals surface area contributed by atoms with Gasteiger partial charge < -0.3 is 9.88 Å². The summed E-state index contributed by atoms with van der Waals surface area (Å²) in [4.78, 5) is 25.3. The summed E-state index contributed by atoms with van der Waals surface area (Å²) in [6.07, 6.45) is 0. The average Bonchev–Trinajstić information content (AvgIpc) is 3.18. The monoisotopic (exact) mass is 456 g/mol. The Hall–Kier alpha value is -2.64. The minimum Gasteiger partial charge on any atom is -0.342 e. The molecular weight excluding hydrogens is 432 g/mol. The first-order valence-electron chi connectivity index (χ1n) is 10.1. The zero-order valence-electron chi connectivity index (χ0n) is 17.7. The van der Waals surface area contributed by atoms with Gasteiger partial charge in [0, 0.05) is 12.1 Å². The van der Waals surface area contributed by atoms with Crippen molar-refractivity contribution in [1.82, 2.24) is 20.1 Å². The number of carbonyl (C=O) groups excluding carboxylic acids is 2. The van der Waals surface area contributed by atoms with Gasteiger partial charge in [-0.25, -0.2) is 0 Å². The molecule has 3 aromatic rings. The standard InChI is InChI=1S/C23H25ClN4O2S/c1-4-28-21(20(15(2)3)25-22(30)17-12-8-9-13-18(17)24)26-27-23(28)31-14-19(29)16-10-6-5-7-11-16/h5-13,15,20H,4,14H2,1-3H3,(H,25,30)/t20-/m1/s1. The summed E-state index contributed by atoms with van der Waals surface area (Å²) in [5.41, 5.74) is 1.09. The van der Waals surface area contributed by atoms with Crippen LogP contribution in [0.1, 0.15) is 53.4 Å². The zero-order chi connectivity index (χ0) is 22.4. The third-order valence-electron chi connectivity index (χ3n) is 4.84. The molecule has 0 aliphatic heterocycles. The summed E-state index contributed by atoms with van der Waals surface area (Å²) in [7, 11) is 0. The third kappa shape index (κ3) is 5.54. The highest BCUT2D eigenvalue weighted by Crippen LogP contribution is 2.26. The van der Waals surface area contributed by atoms with E-state index in [2.05, 4.69) is 15.5 Å². The van der Waals surface area contributed by atoms with Crippen molar-refractivity contribution in [3.63, 3.8) is 0 Å². The van der Waals surface area contributed by atoms with Crippen molar-refractivity contribution in [1.29, 1.82) is 0 Å². The first-order valence-corrected chi connectivity index (χ1v) is 11.5. The summed E-state index contributed by atoms with van der Waals surface area (Å²) in [6, 6.07) is 15.8. The summed E-state index contributed by atoms with van der Waals surface area (Å²) >= 11 is 7.53. The second kappa shape index (κ2) is 10.6. The smallest absolute Gasteiger partial charge is 0.253 e. The number of benzene rings is 2. The summed E-state index contributed by atoms with van der Waals surface area (Å²) < 4.78 is 1.94. The molecule has 1 atom stereocenters. The van der Waals surface area contributed by atoms with Crippen molar-refractivity contribution in [2.45, 2.75) is 38.5 Å². The number of carbonyl (C=O) groups is 2. The van der Waals surface area contributed by atoms with Gasteiger partial charge in [0.05, 0.1) is 22.4 Å². The Morgan fingerprint density at radius 2 is 1.74 bits per heavy atom. The molecule has 0 fully saturated rings. The predicted octanol–water partition coefficient (Wildman–Crippen LogP) is 5.05. The molecule has 31 heavy (non-hydrogen) atoms. The van der Waals surface area contributed by atoms with E-state index in [4.69, 9.17) is 11.6 Å². The lowest BCUT2D eigenvalue weighted by Gasteiger charge is -2.22. The largest absolute Gasteiger partial charge is 0.342 e. The number of Topliss-reactive ketones (excluding diaryl/α,β-unsaturated/α-hetero) is 1. The number of aromatic nitrogens is 3. The van der Waals surface area contributed by atoms with Gasteiger partial charge in [-0.15, -0.1) is 10.2 Å². The second-order valence-corrected chi connectivity index (χ2v) is 8.69. The Balaban J connectivity index is 1.78. The second-order valence-electron chi connectivity index (χ2n) is 7.34. The highest BCUT2D eigenvalue weighted by molar-refractivity contribution is 7.99. The Bertz CT molecular complexity index is 1050. The molecule has 8 heteroatoms. The molecule has 0 bridgehead atoms. The van der Waals surface area contributed by atoms with Crippen LogP contribution in [-0.2, 0) is 6.54 Å². The molecular formula is C23H25ClN4O2S. The minimum atomic E-state index is -0.351. The molecule has 0 aliphatic rings. The van der Waals surface area contributed by atoms with Crippen LogP contribution in [-0.4, -0.2) is 32.2 Å². The topological polar surface area (TPSA) is 76.9 Å². The van der Waals surface area contributed by atoms with Crippen molar-refractivity contribution >= 4 is 35.1 Å². The molecule has 162 valence electrons. The normalized spacial score (nSPS) is 12.0. The number of nitrogens with one attached hydrogen (secondary N) is 1. The van der Waals surface area contributed by atoms with E-state index in [-0.39, 0.29) is 29.4 Å². The van der Waals surface area contributed by atoms with E-state index in [0.717, 1.165) is 0 Å². The Morgan fingerprint density at radius 3 is 2.39 bits per heavy atom. The summed E-state index contributed by atoms with van der Waals surface area (Å²) in [5, 5.41) is 12.8. The van der Waals surface area contributed by atoms with Gasteiger partial charge in [-0.2, -0.15) is 0 Å². The van der Waals surface area contributed by atoms with Crippen molar-refractivity contribution in [3.05, 3.63) is 76.6 Å². The molecule has 3 rings (SSSR count).